The summed E-state index contributed by atoms with van der Waals surface area (Å²) >= 11 is 1.57. The third-order valence-corrected chi connectivity index (χ3v) is 4.63. The van der Waals surface area contributed by atoms with Gasteiger partial charge in [-0.05, 0) is 37.3 Å². The molecule has 3 heterocycles. The van der Waals surface area contributed by atoms with Gasteiger partial charge in [-0.25, -0.2) is 9.97 Å². The predicted octanol–water partition coefficient (Wildman–Crippen LogP) is 4.46. The molecule has 0 N–H and O–H groups in total. The van der Waals surface area contributed by atoms with Crippen LogP contribution in [0.5, 0.6) is 5.75 Å². The van der Waals surface area contributed by atoms with Gasteiger partial charge in [0.05, 0.1) is 18.5 Å². The molecule has 0 atom stereocenters. The van der Waals surface area contributed by atoms with Gasteiger partial charge in [0.25, 0.3) is 0 Å². The van der Waals surface area contributed by atoms with Gasteiger partial charge >= 0.3 is 0 Å². The molecule has 0 radical (unpaired) electrons. The number of hydrogen-bond donors (Lipinski definition) is 0. The number of rotatable bonds is 4. The van der Waals surface area contributed by atoms with Crippen LogP contribution in [0.3, 0.4) is 0 Å². The lowest BCUT2D eigenvalue weighted by Gasteiger charge is -2.01. The molecule has 3 aromatic heterocycles. The second-order valence-electron chi connectivity index (χ2n) is 5.27. The van der Waals surface area contributed by atoms with Gasteiger partial charge in [-0.15, -0.1) is 0 Å². The highest BCUT2D eigenvalue weighted by Gasteiger charge is 2.14. The van der Waals surface area contributed by atoms with E-state index in [1.807, 2.05) is 53.9 Å². The second-order valence-corrected chi connectivity index (χ2v) is 6.35. The van der Waals surface area contributed by atoms with Crippen LogP contribution in [0.4, 0.5) is 0 Å². The van der Waals surface area contributed by atoms with E-state index in [9.17, 15) is 0 Å². The summed E-state index contributed by atoms with van der Waals surface area (Å²) in [4.78, 5) is 9.87. The van der Waals surface area contributed by atoms with Gasteiger partial charge in [-0.2, -0.15) is 0 Å². The first-order chi connectivity index (χ1) is 11.7. The first kappa shape index (κ1) is 14.8. The van der Waals surface area contributed by atoms with Crippen LogP contribution in [0.15, 0.2) is 69.5 Å². The summed E-state index contributed by atoms with van der Waals surface area (Å²) < 4.78 is 12.9. The summed E-state index contributed by atoms with van der Waals surface area (Å²) in [6.45, 7) is 1.98. The van der Waals surface area contributed by atoms with E-state index in [4.69, 9.17) is 9.15 Å². The molecule has 0 aliphatic heterocycles. The van der Waals surface area contributed by atoms with Crippen molar-refractivity contribution in [3.8, 4) is 17.0 Å². The van der Waals surface area contributed by atoms with Crippen LogP contribution in [0.2, 0.25) is 0 Å². The monoisotopic (exact) mass is 337 g/mol. The Morgan fingerprint density at radius 2 is 2.04 bits per heavy atom. The minimum atomic E-state index is 0.690. The average molecular weight is 337 g/mol. The quantitative estimate of drug-likeness (QED) is 0.550. The summed E-state index contributed by atoms with van der Waals surface area (Å²) in [5.41, 5.74) is 2.92. The molecule has 4 aromatic rings. The SMILES string of the molecule is COc1ccc(Sc2cc(-c3c(C)nc4ncccn34)co2)cc1. The van der Waals surface area contributed by atoms with Crippen molar-refractivity contribution < 1.29 is 9.15 Å². The largest absolute Gasteiger partial charge is 0.497 e. The zero-order valence-corrected chi connectivity index (χ0v) is 14.1. The molecule has 0 aliphatic carbocycles. The zero-order chi connectivity index (χ0) is 16.5. The lowest BCUT2D eigenvalue weighted by Crippen LogP contribution is -1.88. The van der Waals surface area contributed by atoms with Crippen LogP contribution in [0.1, 0.15) is 5.69 Å². The highest BCUT2D eigenvalue weighted by Crippen LogP contribution is 2.34. The molecule has 120 valence electrons. The van der Waals surface area contributed by atoms with Gasteiger partial charge in [0.2, 0.25) is 5.78 Å². The number of furan rings is 1. The van der Waals surface area contributed by atoms with Crippen molar-refractivity contribution in [3.05, 3.63) is 60.7 Å². The van der Waals surface area contributed by atoms with Crippen LogP contribution in [0, 0.1) is 6.92 Å². The Morgan fingerprint density at radius 1 is 1.21 bits per heavy atom. The minimum absolute atomic E-state index is 0.690. The van der Waals surface area contributed by atoms with Crippen molar-refractivity contribution in [3.63, 3.8) is 0 Å². The van der Waals surface area contributed by atoms with Crippen LogP contribution >= 0.6 is 11.8 Å². The standard InChI is InChI=1S/C18H15N3O2S/c1-12-17(21-9-3-8-19-18(21)20-12)13-10-16(23-11-13)24-15-6-4-14(22-2)5-7-15/h3-11H,1-2H3. The maximum absolute atomic E-state index is 5.72. The van der Waals surface area contributed by atoms with Crippen LogP contribution in [-0.4, -0.2) is 21.5 Å². The number of benzene rings is 1. The van der Waals surface area contributed by atoms with Gasteiger partial charge in [0.1, 0.15) is 12.0 Å². The molecule has 0 amide bonds. The van der Waals surface area contributed by atoms with E-state index in [0.717, 1.165) is 32.7 Å². The molecule has 0 bridgehead atoms. The van der Waals surface area contributed by atoms with E-state index >= 15 is 0 Å². The number of aromatic nitrogens is 3. The fourth-order valence-corrected chi connectivity index (χ4v) is 3.39. The molecule has 1 aromatic carbocycles. The fourth-order valence-electron chi connectivity index (χ4n) is 2.60. The number of nitrogens with zero attached hydrogens (tertiary/aromatic N) is 3. The average Bonchev–Trinajstić information content (AvgIpc) is 3.18. The summed E-state index contributed by atoms with van der Waals surface area (Å²) in [5, 5.41) is 0.827. The highest BCUT2D eigenvalue weighted by atomic mass is 32.2. The molecular weight excluding hydrogens is 322 g/mol. The molecular formula is C18H15N3O2S. The molecule has 24 heavy (non-hydrogen) atoms. The molecule has 0 aliphatic rings. The van der Waals surface area contributed by atoms with Gasteiger partial charge in [0, 0.05) is 28.9 Å². The van der Waals surface area contributed by atoms with E-state index in [-0.39, 0.29) is 0 Å². The van der Waals surface area contributed by atoms with Gasteiger partial charge in [-0.1, -0.05) is 11.8 Å². The van der Waals surface area contributed by atoms with Crippen LogP contribution < -0.4 is 4.74 Å². The van der Waals surface area contributed by atoms with Crippen molar-refractivity contribution in [1.82, 2.24) is 14.4 Å². The Labute approximate surface area is 143 Å². The summed E-state index contributed by atoms with van der Waals surface area (Å²) in [5.74, 6) is 1.53. The Kier molecular flexibility index (Phi) is 3.74. The second kappa shape index (κ2) is 6.05. The summed E-state index contributed by atoms with van der Waals surface area (Å²) in [6.07, 6.45) is 5.46. The Hall–Kier alpha value is -2.73. The Morgan fingerprint density at radius 3 is 2.83 bits per heavy atom. The number of aryl methyl sites for hydroxylation is 1. The number of methoxy groups -OCH3 is 1. The maximum atomic E-state index is 5.72. The topological polar surface area (TPSA) is 52.6 Å². The van der Waals surface area contributed by atoms with Crippen LogP contribution in [0.25, 0.3) is 17.0 Å². The highest BCUT2D eigenvalue weighted by molar-refractivity contribution is 7.99. The molecule has 6 heteroatoms. The molecule has 0 saturated heterocycles. The Balaban J connectivity index is 1.65. The van der Waals surface area contributed by atoms with Crippen molar-refractivity contribution >= 4 is 17.5 Å². The van der Waals surface area contributed by atoms with Gasteiger partial charge < -0.3 is 9.15 Å². The summed E-state index contributed by atoms with van der Waals surface area (Å²) in [7, 11) is 1.66. The smallest absolute Gasteiger partial charge is 0.234 e. The van der Waals surface area contributed by atoms with E-state index < -0.39 is 0 Å². The third kappa shape index (κ3) is 2.65. The third-order valence-electron chi connectivity index (χ3n) is 3.70. The zero-order valence-electron chi connectivity index (χ0n) is 13.3. The van der Waals surface area contributed by atoms with Crippen molar-refractivity contribution in [1.29, 1.82) is 0 Å². The van der Waals surface area contributed by atoms with Gasteiger partial charge in [0.15, 0.2) is 5.09 Å². The van der Waals surface area contributed by atoms with Crippen molar-refractivity contribution in [2.24, 2.45) is 0 Å². The number of hydrogen-bond acceptors (Lipinski definition) is 5. The molecule has 0 fully saturated rings. The number of imidazole rings is 1. The lowest BCUT2D eigenvalue weighted by molar-refractivity contribution is 0.414. The van der Waals surface area contributed by atoms with E-state index in [0.29, 0.717) is 5.78 Å². The molecule has 0 saturated carbocycles. The Bertz CT molecular complexity index is 989. The predicted molar refractivity (Wildman–Crippen MR) is 92.5 cm³/mol. The van der Waals surface area contributed by atoms with E-state index in [2.05, 4.69) is 9.97 Å². The van der Waals surface area contributed by atoms with Gasteiger partial charge in [-0.3, -0.25) is 4.40 Å². The number of ether oxygens (including phenoxy) is 1. The molecule has 5 nitrogen and oxygen atoms in total. The normalized spacial score (nSPS) is 11.1. The van der Waals surface area contributed by atoms with E-state index in [1.165, 1.54) is 0 Å². The molecule has 4 rings (SSSR count). The van der Waals surface area contributed by atoms with Crippen molar-refractivity contribution in [2.75, 3.05) is 7.11 Å². The summed E-state index contributed by atoms with van der Waals surface area (Å²) in [6, 6.07) is 11.8. The molecule has 0 spiro atoms. The molecule has 0 unspecified atom stereocenters. The van der Waals surface area contributed by atoms with Crippen molar-refractivity contribution in [2.45, 2.75) is 16.9 Å². The lowest BCUT2D eigenvalue weighted by atomic mass is 10.2. The first-order valence-corrected chi connectivity index (χ1v) is 8.27. The minimum Gasteiger partial charge on any atom is -0.497 e. The number of fused-ring (bicyclic) bond motifs is 1. The first-order valence-electron chi connectivity index (χ1n) is 7.45. The fraction of sp³-hybridized carbons (Fsp3) is 0.111. The maximum Gasteiger partial charge on any atom is 0.234 e. The van der Waals surface area contributed by atoms with E-state index in [1.54, 1.807) is 31.3 Å². The van der Waals surface area contributed by atoms with Crippen LogP contribution in [-0.2, 0) is 0 Å².